The number of carbonyl (C=O) groups excluding carboxylic acids is 2. The smallest absolute Gasteiger partial charge is 0.331 e. The Bertz CT molecular complexity index is 1190. The molecule has 0 fully saturated rings. The molecule has 3 rings (SSSR count). The van der Waals surface area contributed by atoms with Crippen LogP contribution in [0, 0.1) is 13.8 Å². The lowest BCUT2D eigenvalue weighted by Gasteiger charge is -2.12. The Labute approximate surface area is 205 Å². The number of anilines is 1. The van der Waals surface area contributed by atoms with E-state index in [1.54, 1.807) is 22.9 Å². The van der Waals surface area contributed by atoms with Crippen LogP contribution in [0.2, 0.25) is 0 Å². The second kappa shape index (κ2) is 12.4. The van der Waals surface area contributed by atoms with Gasteiger partial charge in [0.1, 0.15) is 0 Å². The highest BCUT2D eigenvalue weighted by molar-refractivity contribution is 5.95. The van der Waals surface area contributed by atoms with Crippen LogP contribution in [0.25, 0.3) is 11.8 Å². The molecule has 0 aliphatic heterocycles. The number of nitrogens with zero attached hydrogens (tertiary/aromatic N) is 2. The van der Waals surface area contributed by atoms with E-state index in [0.29, 0.717) is 36.1 Å². The summed E-state index contributed by atoms with van der Waals surface area (Å²) in [5, 5.41) is 7.29. The van der Waals surface area contributed by atoms with Crippen LogP contribution in [0.1, 0.15) is 37.2 Å². The molecule has 1 N–H and O–H groups in total. The van der Waals surface area contributed by atoms with E-state index in [1.807, 2.05) is 64.1 Å². The molecular weight excluding hydrogens is 446 g/mol. The number of carbonyl (C=O) groups is 2. The van der Waals surface area contributed by atoms with Crippen molar-refractivity contribution >= 4 is 23.6 Å². The van der Waals surface area contributed by atoms with Crippen LogP contribution in [0.3, 0.4) is 0 Å². The Morgan fingerprint density at radius 2 is 1.80 bits per heavy atom. The first-order valence-corrected chi connectivity index (χ1v) is 11.6. The van der Waals surface area contributed by atoms with Gasteiger partial charge in [-0.05, 0) is 63.1 Å². The summed E-state index contributed by atoms with van der Waals surface area (Å²) in [5.41, 5.74) is 3.69. The third-order valence-electron chi connectivity index (χ3n) is 5.04. The van der Waals surface area contributed by atoms with Crippen LogP contribution in [-0.2, 0) is 14.3 Å². The van der Waals surface area contributed by atoms with Crippen LogP contribution in [0.5, 0.6) is 11.5 Å². The topological polar surface area (TPSA) is 91.7 Å². The van der Waals surface area contributed by atoms with Gasteiger partial charge in [-0.3, -0.25) is 4.79 Å². The number of hydrogen-bond acceptors (Lipinski definition) is 6. The number of aromatic nitrogens is 2. The van der Waals surface area contributed by atoms with Gasteiger partial charge in [-0.25, -0.2) is 9.48 Å². The van der Waals surface area contributed by atoms with E-state index >= 15 is 0 Å². The van der Waals surface area contributed by atoms with Crippen molar-refractivity contribution in [1.29, 1.82) is 0 Å². The molecule has 2 aromatic carbocycles. The van der Waals surface area contributed by atoms with E-state index in [9.17, 15) is 9.59 Å². The fourth-order valence-corrected chi connectivity index (χ4v) is 3.40. The monoisotopic (exact) mass is 477 g/mol. The highest BCUT2D eigenvalue weighted by atomic mass is 16.5. The quantitative estimate of drug-likeness (QED) is 0.313. The Balaban J connectivity index is 1.57. The Morgan fingerprint density at radius 1 is 1.03 bits per heavy atom. The summed E-state index contributed by atoms with van der Waals surface area (Å²) in [5.74, 6) is 0.198. The summed E-state index contributed by atoms with van der Waals surface area (Å²) in [6.45, 7) is 8.28. The van der Waals surface area contributed by atoms with Gasteiger partial charge in [0.05, 0.1) is 36.0 Å². The van der Waals surface area contributed by atoms with Crippen molar-refractivity contribution in [2.45, 2.75) is 34.1 Å². The molecule has 1 heterocycles. The molecule has 0 aliphatic carbocycles. The van der Waals surface area contributed by atoms with Crippen LogP contribution >= 0.6 is 0 Å². The minimum atomic E-state index is -0.627. The Kier molecular flexibility index (Phi) is 9.06. The number of ether oxygens (including phenoxy) is 3. The number of rotatable bonds is 11. The van der Waals surface area contributed by atoms with Crippen LogP contribution < -0.4 is 14.8 Å². The molecule has 0 saturated carbocycles. The largest absolute Gasteiger partial charge is 0.490 e. The van der Waals surface area contributed by atoms with Gasteiger partial charge in [-0.1, -0.05) is 31.2 Å². The van der Waals surface area contributed by atoms with Crippen molar-refractivity contribution in [1.82, 2.24) is 9.78 Å². The average molecular weight is 478 g/mol. The third kappa shape index (κ3) is 6.96. The van der Waals surface area contributed by atoms with Gasteiger partial charge in [-0.2, -0.15) is 5.10 Å². The zero-order valence-electron chi connectivity index (χ0n) is 20.5. The Hall–Kier alpha value is -4.07. The summed E-state index contributed by atoms with van der Waals surface area (Å²) in [7, 11) is 0. The van der Waals surface area contributed by atoms with E-state index in [1.165, 1.54) is 6.08 Å². The predicted octanol–water partition coefficient (Wildman–Crippen LogP) is 4.87. The molecule has 0 aliphatic rings. The van der Waals surface area contributed by atoms with Gasteiger partial charge in [0, 0.05) is 6.08 Å². The minimum Gasteiger partial charge on any atom is -0.490 e. The highest BCUT2D eigenvalue weighted by Gasteiger charge is 2.16. The maximum atomic E-state index is 12.4. The molecule has 0 radical (unpaired) electrons. The molecule has 3 aromatic rings. The first-order chi connectivity index (χ1) is 16.9. The number of amides is 1. The first-order valence-electron chi connectivity index (χ1n) is 11.6. The van der Waals surface area contributed by atoms with E-state index in [2.05, 4.69) is 10.4 Å². The standard InChI is InChI=1S/C27H31N3O5/c1-5-16-34-23-14-12-21(17-24(23)33-6-2)13-15-26(32)35-18-25(31)28-27-19(3)29-30(20(27)4)22-10-8-7-9-11-22/h7-15,17H,5-6,16,18H2,1-4H3,(H,28,31)/b15-13+. The van der Waals surface area contributed by atoms with Gasteiger partial charge in [-0.15, -0.1) is 0 Å². The SMILES string of the molecule is CCCOc1ccc(/C=C/C(=O)OCC(=O)Nc2c(C)nn(-c3ccccc3)c2C)cc1OCC. The molecule has 0 bridgehead atoms. The van der Waals surface area contributed by atoms with Crippen LogP contribution in [0.15, 0.2) is 54.6 Å². The van der Waals surface area contributed by atoms with Crippen LogP contribution in [-0.4, -0.2) is 41.5 Å². The fraction of sp³-hybridized carbons (Fsp3) is 0.296. The summed E-state index contributed by atoms with van der Waals surface area (Å²) < 4.78 is 18.2. The van der Waals surface area contributed by atoms with Crippen LogP contribution in [0.4, 0.5) is 5.69 Å². The number of para-hydroxylation sites is 1. The van der Waals surface area contributed by atoms with Crippen molar-refractivity contribution in [2.24, 2.45) is 0 Å². The summed E-state index contributed by atoms with van der Waals surface area (Å²) in [6.07, 6.45) is 3.76. The van der Waals surface area contributed by atoms with Gasteiger partial charge < -0.3 is 19.5 Å². The van der Waals surface area contributed by atoms with E-state index in [0.717, 1.165) is 23.4 Å². The lowest BCUT2D eigenvalue weighted by atomic mass is 10.2. The maximum absolute atomic E-state index is 12.4. The number of nitrogens with one attached hydrogen (secondary N) is 1. The molecule has 1 aromatic heterocycles. The highest BCUT2D eigenvalue weighted by Crippen LogP contribution is 2.29. The molecule has 1 amide bonds. The normalized spacial score (nSPS) is 10.9. The average Bonchev–Trinajstić information content (AvgIpc) is 3.14. The number of esters is 1. The van der Waals surface area contributed by atoms with E-state index in [-0.39, 0.29) is 0 Å². The molecule has 0 atom stereocenters. The molecule has 8 nitrogen and oxygen atoms in total. The minimum absolute atomic E-state index is 0.410. The van der Waals surface area contributed by atoms with Gasteiger partial charge >= 0.3 is 5.97 Å². The van der Waals surface area contributed by atoms with Gasteiger partial charge in [0.15, 0.2) is 18.1 Å². The zero-order chi connectivity index (χ0) is 25.2. The predicted molar refractivity (Wildman–Crippen MR) is 135 cm³/mol. The molecule has 0 saturated heterocycles. The lowest BCUT2D eigenvalue weighted by Crippen LogP contribution is -2.20. The lowest BCUT2D eigenvalue weighted by molar-refractivity contribution is -0.142. The first kappa shape index (κ1) is 25.6. The van der Waals surface area contributed by atoms with Gasteiger partial charge in [0.25, 0.3) is 5.91 Å². The summed E-state index contributed by atoms with van der Waals surface area (Å²) in [6, 6.07) is 15.0. The molecule has 8 heteroatoms. The number of benzene rings is 2. The van der Waals surface area contributed by atoms with E-state index in [4.69, 9.17) is 14.2 Å². The molecule has 35 heavy (non-hydrogen) atoms. The van der Waals surface area contributed by atoms with Crippen molar-refractivity contribution in [3.63, 3.8) is 0 Å². The van der Waals surface area contributed by atoms with E-state index < -0.39 is 18.5 Å². The zero-order valence-corrected chi connectivity index (χ0v) is 20.5. The summed E-state index contributed by atoms with van der Waals surface area (Å²) >= 11 is 0. The molecular formula is C27H31N3O5. The molecule has 0 spiro atoms. The van der Waals surface area contributed by atoms with Crippen molar-refractivity contribution in [3.8, 4) is 17.2 Å². The fourth-order valence-electron chi connectivity index (χ4n) is 3.40. The van der Waals surface area contributed by atoms with Crippen molar-refractivity contribution in [2.75, 3.05) is 25.1 Å². The summed E-state index contributed by atoms with van der Waals surface area (Å²) in [4.78, 5) is 24.6. The Morgan fingerprint density at radius 3 is 2.51 bits per heavy atom. The third-order valence-corrected chi connectivity index (χ3v) is 5.04. The van der Waals surface area contributed by atoms with Crippen molar-refractivity contribution < 1.29 is 23.8 Å². The van der Waals surface area contributed by atoms with Crippen molar-refractivity contribution in [3.05, 3.63) is 71.6 Å². The molecule has 0 unspecified atom stereocenters. The maximum Gasteiger partial charge on any atom is 0.331 e. The second-order valence-corrected chi connectivity index (χ2v) is 7.77. The second-order valence-electron chi connectivity index (χ2n) is 7.77. The molecule has 184 valence electrons. The number of hydrogen-bond donors (Lipinski definition) is 1. The number of aryl methyl sites for hydroxylation is 1. The van der Waals surface area contributed by atoms with Gasteiger partial charge in [0.2, 0.25) is 0 Å².